The number of likely N-dealkylation sites (N-methyl/N-ethyl adjacent to an activating group) is 1. The second-order valence-corrected chi connectivity index (χ2v) is 6.00. The number of carbonyl (C=O) groups is 1. The molecule has 0 saturated carbocycles. The van der Waals surface area contributed by atoms with Crippen molar-refractivity contribution in [1.29, 1.82) is 0 Å². The number of aromatic nitrogens is 3. The van der Waals surface area contributed by atoms with Crippen molar-refractivity contribution in [2.75, 3.05) is 13.6 Å². The maximum absolute atomic E-state index is 12.2. The molecule has 1 aromatic heterocycles. The van der Waals surface area contributed by atoms with Crippen molar-refractivity contribution >= 4 is 5.91 Å². The van der Waals surface area contributed by atoms with E-state index < -0.39 is 0 Å². The van der Waals surface area contributed by atoms with Gasteiger partial charge in [0.25, 0.3) is 5.91 Å². The molecule has 24 heavy (non-hydrogen) atoms. The molecule has 0 bridgehead atoms. The first kappa shape index (κ1) is 17.9. The number of hydrogen-bond acceptors (Lipinski definition) is 5. The van der Waals surface area contributed by atoms with Crippen molar-refractivity contribution < 1.29 is 9.53 Å². The summed E-state index contributed by atoms with van der Waals surface area (Å²) < 4.78 is 7.28. The van der Waals surface area contributed by atoms with E-state index in [1.165, 1.54) is 0 Å². The summed E-state index contributed by atoms with van der Waals surface area (Å²) in [7, 11) is 1.85. The van der Waals surface area contributed by atoms with Gasteiger partial charge in [-0.3, -0.25) is 4.79 Å². The summed E-state index contributed by atoms with van der Waals surface area (Å²) in [5.41, 5.74) is 1.86. The molecule has 2 N–H and O–H groups in total. The van der Waals surface area contributed by atoms with E-state index in [9.17, 15) is 4.79 Å². The van der Waals surface area contributed by atoms with Crippen molar-refractivity contribution in [1.82, 2.24) is 25.6 Å². The molecule has 0 spiro atoms. The Morgan fingerprint density at radius 1 is 1.25 bits per heavy atom. The molecule has 1 atom stereocenters. The molecule has 1 heterocycles. The van der Waals surface area contributed by atoms with Gasteiger partial charge in [0.05, 0.1) is 17.5 Å². The molecule has 2 aromatic rings. The fourth-order valence-corrected chi connectivity index (χ4v) is 2.15. The molecule has 2 rings (SSSR count). The topological polar surface area (TPSA) is 81.1 Å². The SMILES string of the molecule is CNC(C)CNC(=O)c1nnn(-c2ccc(OC(C)C)cc2)c1C. The van der Waals surface area contributed by atoms with E-state index >= 15 is 0 Å². The third-order valence-corrected chi connectivity index (χ3v) is 3.62. The highest BCUT2D eigenvalue weighted by Crippen LogP contribution is 2.18. The van der Waals surface area contributed by atoms with E-state index in [0.717, 1.165) is 11.4 Å². The van der Waals surface area contributed by atoms with Crippen LogP contribution in [-0.4, -0.2) is 46.6 Å². The molecule has 7 heteroatoms. The average Bonchev–Trinajstić information content (AvgIpc) is 2.94. The summed E-state index contributed by atoms with van der Waals surface area (Å²) in [4.78, 5) is 12.2. The Balaban J connectivity index is 2.13. The fraction of sp³-hybridized carbons (Fsp3) is 0.471. The monoisotopic (exact) mass is 331 g/mol. The summed E-state index contributed by atoms with van der Waals surface area (Å²) in [6.45, 7) is 8.31. The molecule has 0 aliphatic rings. The summed E-state index contributed by atoms with van der Waals surface area (Å²) in [5, 5.41) is 14.0. The van der Waals surface area contributed by atoms with Crippen LogP contribution in [0.2, 0.25) is 0 Å². The Kier molecular flexibility index (Phi) is 5.92. The Labute approximate surface area is 142 Å². The quantitative estimate of drug-likeness (QED) is 0.807. The third-order valence-electron chi connectivity index (χ3n) is 3.62. The smallest absolute Gasteiger partial charge is 0.273 e. The zero-order valence-corrected chi connectivity index (χ0v) is 14.8. The normalized spacial score (nSPS) is 12.2. The molecule has 0 radical (unpaired) electrons. The van der Waals surface area contributed by atoms with Gasteiger partial charge in [0.2, 0.25) is 0 Å². The van der Waals surface area contributed by atoms with Gasteiger partial charge in [0.1, 0.15) is 5.75 Å². The molecule has 0 aliphatic carbocycles. The Hall–Kier alpha value is -2.41. The van der Waals surface area contributed by atoms with E-state index in [2.05, 4.69) is 20.9 Å². The molecular formula is C17H25N5O2. The maximum atomic E-state index is 12.2. The fourth-order valence-electron chi connectivity index (χ4n) is 2.15. The van der Waals surface area contributed by atoms with Gasteiger partial charge in [0.15, 0.2) is 5.69 Å². The molecule has 130 valence electrons. The predicted molar refractivity (Wildman–Crippen MR) is 92.7 cm³/mol. The lowest BCUT2D eigenvalue weighted by Gasteiger charge is -2.11. The van der Waals surface area contributed by atoms with Gasteiger partial charge < -0.3 is 15.4 Å². The van der Waals surface area contributed by atoms with Gasteiger partial charge in [-0.05, 0) is 59.0 Å². The van der Waals surface area contributed by atoms with Crippen molar-refractivity contribution in [3.8, 4) is 11.4 Å². The first-order chi connectivity index (χ1) is 11.4. The van der Waals surface area contributed by atoms with E-state index in [1.807, 2.05) is 59.0 Å². The largest absolute Gasteiger partial charge is 0.491 e. The summed E-state index contributed by atoms with van der Waals surface area (Å²) in [5.74, 6) is 0.575. The van der Waals surface area contributed by atoms with Crippen LogP contribution in [0.5, 0.6) is 5.75 Å². The zero-order valence-electron chi connectivity index (χ0n) is 14.8. The average molecular weight is 331 g/mol. The number of nitrogens with zero attached hydrogens (tertiary/aromatic N) is 3. The Morgan fingerprint density at radius 2 is 1.92 bits per heavy atom. The molecule has 1 amide bonds. The first-order valence-corrected chi connectivity index (χ1v) is 8.07. The second-order valence-electron chi connectivity index (χ2n) is 6.00. The molecule has 0 aliphatic heterocycles. The standard InChI is InChI=1S/C17H25N5O2/c1-11(2)24-15-8-6-14(7-9-15)22-13(4)16(20-21-22)17(23)19-10-12(3)18-5/h6-9,11-12,18H,10H2,1-5H3,(H,19,23). The van der Waals surface area contributed by atoms with Crippen LogP contribution in [0.3, 0.4) is 0 Å². The highest BCUT2D eigenvalue weighted by Gasteiger charge is 2.17. The molecule has 7 nitrogen and oxygen atoms in total. The molecule has 0 saturated heterocycles. The number of amides is 1. The molecular weight excluding hydrogens is 306 g/mol. The van der Waals surface area contributed by atoms with Crippen LogP contribution >= 0.6 is 0 Å². The number of nitrogens with one attached hydrogen (secondary N) is 2. The van der Waals surface area contributed by atoms with E-state index in [4.69, 9.17) is 4.74 Å². The van der Waals surface area contributed by atoms with Gasteiger partial charge in [-0.15, -0.1) is 5.10 Å². The minimum atomic E-state index is -0.222. The van der Waals surface area contributed by atoms with E-state index in [1.54, 1.807) is 4.68 Å². The van der Waals surface area contributed by atoms with Gasteiger partial charge in [-0.2, -0.15) is 0 Å². The van der Waals surface area contributed by atoms with Gasteiger partial charge in [0, 0.05) is 12.6 Å². The molecule has 1 aromatic carbocycles. The third kappa shape index (κ3) is 4.32. The minimum absolute atomic E-state index is 0.124. The maximum Gasteiger partial charge on any atom is 0.273 e. The Morgan fingerprint density at radius 3 is 2.50 bits per heavy atom. The number of ether oxygens (including phenoxy) is 1. The number of carbonyl (C=O) groups excluding carboxylic acids is 1. The van der Waals surface area contributed by atoms with Crippen LogP contribution in [0.4, 0.5) is 0 Å². The zero-order chi connectivity index (χ0) is 17.7. The van der Waals surface area contributed by atoms with Gasteiger partial charge in [-0.25, -0.2) is 4.68 Å². The van der Waals surface area contributed by atoms with Crippen LogP contribution in [0.15, 0.2) is 24.3 Å². The molecule has 0 fully saturated rings. The minimum Gasteiger partial charge on any atom is -0.491 e. The number of benzene rings is 1. The van der Waals surface area contributed by atoms with Crippen LogP contribution in [0, 0.1) is 6.92 Å². The lowest BCUT2D eigenvalue weighted by molar-refractivity contribution is 0.0945. The number of rotatable bonds is 7. The van der Waals surface area contributed by atoms with Crippen molar-refractivity contribution in [2.45, 2.75) is 39.8 Å². The van der Waals surface area contributed by atoms with Crippen LogP contribution < -0.4 is 15.4 Å². The van der Waals surface area contributed by atoms with Gasteiger partial charge >= 0.3 is 0 Å². The van der Waals surface area contributed by atoms with E-state index in [0.29, 0.717) is 17.9 Å². The lowest BCUT2D eigenvalue weighted by atomic mass is 10.2. The van der Waals surface area contributed by atoms with Crippen LogP contribution in [0.25, 0.3) is 5.69 Å². The number of hydrogen-bond donors (Lipinski definition) is 2. The van der Waals surface area contributed by atoms with Crippen molar-refractivity contribution in [3.05, 3.63) is 35.7 Å². The Bertz CT molecular complexity index is 679. The summed E-state index contributed by atoms with van der Waals surface area (Å²) in [6, 6.07) is 7.74. The highest BCUT2D eigenvalue weighted by atomic mass is 16.5. The van der Waals surface area contributed by atoms with Crippen molar-refractivity contribution in [3.63, 3.8) is 0 Å². The summed E-state index contributed by atoms with van der Waals surface area (Å²) >= 11 is 0. The van der Waals surface area contributed by atoms with Gasteiger partial charge in [-0.1, -0.05) is 5.21 Å². The summed E-state index contributed by atoms with van der Waals surface area (Å²) in [6.07, 6.45) is 0.124. The highest BCUT2D eigenvalue weighted by molar-refractivity contribution is 5.93. The van der Waals surface area contributed by atoms with Crippen LogP contribution in [-0.2, 0) is 0 Å². The predicted octanol–water partition coefficient (Wildman–Crippen LogP) is 1.70. The van der Waals surface area contributed by atoms with E-state index in [-0.39, 0.29) is 18.1 Å². The van der Waals surface area contributed by atoms with Crippen LogP contribution in [0.1, 0.15) is 37.0 Å². The molecule has 1 unspecified atom stereocenters. The first-order valence-electron chi connectivity index (χ1n) is 8.07. The lowest BCUT2D eigenvalue weighted by Crippen LogP contribution is -2.37. The second kappa shape index (κ2) is 7.92. The van der Waals surface area contributed by atoms with Crippen molar-refractivity contribution in [2.24, 2.45) is 0 Å².